The Morgan fingerprint density at radius 2 is 1.62 bits per heavy atom. The molecule has 0 bridgehead atoms. The van der Waals surface area contributed by atoms with Crippen LogP contribution in [-0.2, 0) is 4.79 Å². The summed E-state index contributed by atoms with van der Waals surface area (Å²) in [5.74, 6) is 0.267. The summed E-state index contributed by atoms with van der Waals surface area (Å²) >= 11 is 0. The fourth-order valence-electron chi connectivity index (χ4n) is 4.69. The lowest BCUT2D eigenvalue weighted by molar-refractivity contribution is -0.914. The number of carbonyl (C=O) groups excluding carboxylic acids is 2. The zero-order valence-electron chi connectivity index (χ0n) is 19.2. The third-order valence-electron chi connectivity index (χ3n) is 6.67. The highest BCUT2D eigenvalue weighted by Gasteiger charge is 2.32. The quantitative estimate of drug-likeness (QED) is 0.611. The van der Waals surface area contributed by atoms with E-state index in [9.17, 15) is 9.59 Å². The Balaban J connectivity index is 1.44. The van der Waals surface area contributed by atoms with E-state index in [-0.39, 0.29) is 17.7 Å². The van der Waals surface area contributed by atoms with Crippen molar-refractivity contribution in [2.45, 2.75) is 26.8 Å². The average Bonchev–Trinajstić information content (AvgIpc) is 2.84. The minimum Gasteiger partial charge on any atom is -0.360 e. The minimum atomic E-state index is -0.101. The third kappa shape index (κ3) is 4.39. The van der Waals surface area contributed by atoms with Crippen molar-refractivity contribution in [2.75, 3.05) is 42.5 Å². The second-order valence-electron chi connectivity index (χ2n) is 8.55. The summed E-state index contributed by atoms with van der Waals surface area (Å²) in [7, 11) is 0. The van der Waals surface area contributed by atoms with Crippen LogP contribution in [0.15, 0.2) is 66.7 Å². The van der Waals surface area contributed by atoms with Crippen LogP contribution in [0.3, 0.4) is 0 Å². The fraction of sp³-hybridized carbons (Fsp3) is 0.333. The van der Waals surface area contributed by atoms with Crippen LogP contribution >= 0.6 is 0 Å². The summed E-state index contributed by atoms with van der Waals surface area (Å²) in [5, 5.41) is 2.27. The van der Waals surface area contributed by atoms with Crippen LogP contribution in [-0.4, -0.2) is 50.5 Å². The SMILES string of the molecule is CCN(C(=O)[C@@H](C)[NH+]1CCN(c2ccc(C(C)=O)cc2)CC1)c1cccc2ccccc12. The molecule has 1 fully saturated rings. The van der Waals surface area contributed by atoms with Gasteiger partial charge in [0.2, 0.25) is 0 Å². The molecule has 1 atom stereocenters. The van der Waals surface area contributed by atoms with Gasteiger partial charge in [-0.25, -0.2) is 0 Å². The first-order valence-electron chi connectivity index (χ1n) is 11.5. The predicted octanol–water partition coefficient (Wildman–Crippen LogP) is 3.19. The van der Waals surface area contributed by atoms with Gasteiger partial charge >= 0.3 is 0 Å². The molecule has 1 amide bonds. The lowest BCUT2D eigenvalue weighted by Gasteiger charge is -2.37. The molecule has 4 rings (SSSR count). The highest BCUT2D eigenvalue weighted by Crippen LogP contribution is 2.27. The molecule has 0 aromatic heterocycles. The van der Waals surface area contributed by atoms with Crippen molar-refractivity contribution in [3.8, 4) is 0 Å². The normalized spacial score (nSPS) is 15.5. The van der Waals surface area contributed by atoms with Crippen LogP contribution < -0.4 is 14.7 Å². The van der Waals surface area contributed by atoms with E-state index in [1.807, 2.05) is 54.3 Å². The summed E-state index contributed by atoms with van der Waals surface area (Å²) in [4.78, 5) is 30.6. The number of hydrogen-bond acceptors (Lipinski definition) is 3. The number of hydrogen-bond donors (Lipinski definition) is 1. The Morgan fingerprint density at radius 3 is 2.28 bits per heavy atom. The maximum Gasteiger partial charge on any atom is 0.284 e. The van der Waals surface area contributed by atoms with Gasteiger partial charge in [0.1, 0.15) is 0 Å². The largest absolute Gasteiger partial charge is 0.360 e. The molecule has 0 unspecified atom stereocenters. The van der Waals surface area contributed by atoms with Gasteiger partial charge in [0.25, 0.3) is 5.91 Å². The molecule has 1 N–H and O–H groups in total. The highest BCUT2D eigenvalue weighted by molar-refractivity contribution is 6.04. The van der Waals surface area contributed by atoms with Gasteiger partial charge in [0.15, 0.2) is 11.8 Å². The van der Waals surface area contributed by atoms with Crippen molar-refractivity contribution in [1.82, 2.24) is 0 Å². The number of piperazine rings is 1. The topological polar surface area (TPSA) is 45.1 Å². The lowest BCUT2D eigenvalue weighted by atomic mass is 10.1. The van der Waals surface area contributed by atoms with Gasteiger partial charge in [-0.1, -0.05) is 36.4 Å². The summed E-state index contributed by atoms with van der Waals surface area (Å²) in [6, 6.07) is 22.2. The van der Waals surface area contributed by atoms with Crippen LogP contribution in [0.5, 0.6) is 0 Å². The van der Waals surface area contributed by atoms with Crippen molar-refractivity contribution in [1.29, 1.82) is 0 Å². The molecular formula is C27H32N3O2+. The van der Waals surface area contributed by atoms with Crippen molar-refractivity contribution < 1.29 is 14.5 Å². The van der Waals surface area contributed by atoms with Gasteiger partial charge in [-0.05, 0) is 56.5 Å². The molecule has 0 spiro atoms. The average molecular weight is 431 g/mol. The summed E-state index contributed by atoms with van der Waals surface area (Å²) in [6.45, 7) is 9.96. The Labute approximate surface area is 190 Å². The van der Waals surface area contributed by atoms with E-state index in [1.165, 1.54) is 4.90 Å². The van der Waals surface area contributed by atoms with E-state index >= 15 is 0 Å². The van der Waals surface area contributed by atoms with Gasteiger partial charge < -0.3 is 14.7 Å². The monoisotopic (exact) mass is 430 g/mol. The molecule has 3 aromatic rings. The molecule has 5 nitrogen and oxygen atoms in total. The van der Waals surface area contributed by atoms with E-state index in [0.29, 0.717) is 6.54 Å². The van der Waals surface area contributed by atoms with Crippen LogP contribution in [0.2, 0.25) is 0 Å². The maximum atomic E-state index is 13.5. The summed E-state index contributed by atoms with van der Waals surface area (Å²) in [5.41, 5.74) is 2.87. The number of nitrogens with one attached hydrogen (secondary N) is 1. The molecule has 166 valence electrons. The van der Waals surface area contributed by atoms with Gasteiger partial charge in [-0.2, -0.15) is 0 Å². The molecular weight excluding hydrogens is 398 g/mol. The number of amides is 1. The highest BCUT2D eigenvalue weighted by atomic mass is 16.2. The van der Waals surface area contributed by atoms with Gasteiger partial charge in [-0.3, -0.25) is 9.59 Å². The van der Waals surface area contributed by atoms with Gasteiger partial charge in [0, 0.05) is 23.2 Å². The number of carbonyl (C=O) groups is 2. The summed E-state index contributed by atoms with van der Waals surface area (Å²) < 4.78 is 0. The Kier molecular flexibility index (Phi) is 6.56. The van der Waals surface area contributed by atoms with E-state index < -0.39 is 0 Å². The minimum absolute atomic E-state index is 0.0878. The fourth-order valence-corrected chi connectivity index (χ4v) is 4.69. The Bertz CT molecular complexity index is 1100. The van der Waals surface area contributed by atoms with Crippen molar-refractivity contribution >= 4 is 33.8 Å². The predicted molar refractivity (Wildman–Crippen MR) is 131 cm³/mol. The van der Waals surface area contributed by atoms with Crippen molar-refractivity contribution in [2.24, 2.45) is 0 Å². The Morgan fingerprint density at radius 1 is 0.969 bits per heavy atom. The summed E-state index contributed by atoms with van der Waals surface area (Å²) in [6.07, 6.45) is 0. The second-order valence-corrected chi connectivity index (χ2v) is 8.55. The van der Waals surface area contributed by atoms with Gasteiger partial charge in [-0.15, -0.1) is 0 Å². The second kappa shape index (κ2) is 9.53. The number of rotatable bonds is 6. The van der Waals surface area contributed by atoms with Crippen LogP contribution in [0.25, 0.3) is 10.8 Å². The number of likely N-dealkylation sites (N-methyl/N-ethyl adjacent to an activating group) is 1. The van der Waals surface area contributed by atoms with E-state index in [0.717, 1.165) is 53.9 Å². The molecule has 1 saturated heterocycles. The van der Waals surface area contributed by atoms with E-state index in [4.69, 9.17) is 0 Å². The Hall–Kier alpha value is -3.18. The first-order chi connectivity index (χ1) is 15.5. The van der Waals surface area contributed by atoms with E-state index in [1.54, 1.807) is 6.92 Å². The molecule has 32 heavy (non-hydrogen) atoms. The number of nitrogens with zero attached hydrogens (tertiary/aromatic N) is 2. The van der Waals surface area contributed by atoms with Crippen LogP contribution in [0, 0.1) is 0 Å². The molecule has 3 aromatic carbocycles. The molecule has 0 saturated carbocycles. The molecule has 1 aliphatic heterocycles. The van der Waals surface area contributed by atoms with Crippen molar-refractivity contribution in [3.63, 3.8) is 0 Å². The third-order valence-corrected chi connectivity index (χ3v) is 6.67. The maximum absolute atomic E-state index is 13.5. The number of anilines is 2. The standard InChI is InChI=1S/C27H31N3O2/c1-4-30(26-11-7-9-23-8-5-6-10-25(23)26)27(32)20(2)28-16-18-29(19-17-28)24-14-12-22(13-15-24)21(3)31/h5-15,20H,4,16-19H2,1-3H3/p+1/t20-/m1/s1. The first-order valence-corrected chi connectivity index (χ1v) is 11.5. The number of fused-ring (bicyclic) bond motifs is 1. The molecule has 0 aliphatic carbocycles. The smallest absolute Gasteiger partial charge is 0.284 e. The molecule has 1 heterocycles. The number of Topliss-reactive ketones (excluding diaryl/α,β-unsaturated/α-hetero) is 1. The van der Waals surface area contributed by atoms with Crippen LogP contribution in [0.1, 0.15) is 31.1 Å². The molecule has 1 aliphatic rings. The zero-order chi connectivity index (χ0) is 22.7. The number of quaternary nitrogens is 1. The van der Waals surface area contributed by atoms with E-state index in [2.05, 4.69) is 36.1 Å². The first kappa shape index (κ1) is 22.0. The van der Waals surface area contributed by atoms with Crippen LogP contribution in [0.4, 0.5) is 11.4 Å². The number of ketones is 1. The number of benzene rings is 3. The molecule has 0 radical (unpaired) electrons. The zero-order valence-corrected chi connectivity index (χ0v) is 19.2. The molecule has 5 heteroatoms. The van der Waals surface area contributed by atoms with Crippen molar-refractivity contribution in [3.05, 3.63) is 72.3 Å². The van der Waals surface area contributed by atoms with Gasteiger partial charge in [0.05, 0.1) is 31.9 Å². The lowest BCUT2D eigenvalue weighted by Crippen LogP contribution is -3.19.